The van der Waals surface area contributed by atoms with E-state index in [9.17, 15) is 24.3 Å². The first-order valence-electron chi connectivity index (χ1n) is 16.0. The fraction of sp³-hybridized carbons (Fsp3) is 0.500. The van der Waals surface area contributed by atoms with Crippen molar-refractivity contribution in [2.75, 3.05) is 20.7 Å². The second-order valence-electron chi connectivity index (χ2n) is 13.8. The Morgan fingerprint density at radius 2 is 1.79 bits per heavy atom. The van der Waals surface area contributed by atoms with Crippen LogP contribution in [-0.4, -0.2) is 84.0 Å². The number of rotatable bonds is 9. The van der Waals surface area contributed by atoms with E-state index >= 15 is 0 Å². The molecule has 48 heavy (non-hydrogen) atoms. The van der Waals surface area contributed by atoms with Gasteiger partial charge in [-0.1, -0.05) is 36.4 Å². The van der Waals surface area contributed by atoms with Crippen LogP contribution in [0, 0.1) is 0 Å². The fourth-order valence-electron chi connectivity index (χ4n) is 7.74. The Kier molecular flexibility index (Phi) is 8.53. The van der Waals surface area contributed by atoms with Gasteiger partial charge in [0, 0.05) is 30.5 Å². The number of hydrogen-bond donors (Lipinski definition) is 1. The number of carbonyl (C=O) groups is 4. The number of nitrogens with zero attached hydrogens (tertiary/aromatic N) is 1. The van der Waals surface area contributed by atoms with Crippen LogP contribution in [0.3, 0.4) is 0 Å². The molecule has 2 bridgehead atoms. The summed E-state index contributed by atoms with van der Waals surface area (Å²) in [7, 11) is 3.55. The van der Waals surface area contributed by atoms with Gasteiger partial charge in [-0.3, -0.25) is 9.59 Å². The molecular weight excluding hydrogens is 622 g/mol. The smallest absolute Gasteiger partial charge is 0.357 e. The second kappa shape index (κ2) is 12.2. The Morgan fingerprint density at radius 3 is 2.46 bits per heavy atom. The van der Waals surface area contributed by atoms with Crippen LogP contribution in [-0.2, 0) is 50.0 Å². The van der Waals surface area contributed by atoms with E-state index in [4.69, 9.17) is 28.4 Å². The largest absolute Gasteiger partial charge is 0.493 e. The zero-order valence-corrected chi connectivity index (χ0v) is 27.9. The van der Waals surface area contributed by atoms with E-state index in [-0.39, 0.29) is 23.8 Å². The molecule has 6 rings (SSSR count). The van der Waals surface area contributed by atoms with Crippen molar-refractivity contribution in [3.05, 3.63) is 71.0 Å². The minimum absolute atomic E-state index is 0.182. The number of esters is 4. The third kappa shape index (κ3) is 5.60. The van der Waals surface area contributed by atoms with E-state index in [0.717, 1.165) is 18.1 Å². The van der Waals surface area contributed by atoms with E-state index in [0.29, 0.717) is 30.9 Å². The summed E-state index contributed by atoms with van der Waals surface area (Å²) < 4.78 is 34.4. The maximum atomic E-state index is 14.1. The second-order valence-corrected chi connectivity index (χ2v) is 13.8. The monoisotopic (exact) mass is 663 g/mol. The van der Waals surface area contributed by atoms with Crippen LogP contribution >= 0.6 is 0 Å². The van der Waals surface area contributed by atoms with Crippen LogP contribution < -0.4 is 9.47 Å². The minimum atomic E-state index is -1.67. The predicted octanol–water partition coefficient (Wildman–Crippen LogP) is 3.46. The summed E-state index contributed by atoms with van der Waals surface area (Å²) in [6.45, 7) is 6.76. The Hall–Kier alpha value is -4.42. The van der Waals surface area contributed by atoms with Crippen LogP contribution in [0.4, 0.5) is 0 Å². The number of carbonyl (C=O) groups excluding carboxylic acids is 4. The van der Waals surface area contributed by atoms with Gasteiger partial charge in [0.05, 0.1) is 24.5 Å². The van der Waals surface area contributed by atoms with Crippen LogP contribution in [0.2, 0.25) is 0 Å². The van der Waals surface area contributed by atoms with Gasteiger partial charge in [-0.05, 0) is 64.9 Å². The molecule has 1 saturated heterocycles. The number of piperidine rings is 1. The fourth-order valence-corrected chi connectivity index (χ4v) is 7.74. The summed E-state index contributed by atoms with van der Waals surface area (Å²) in [5, 5.41) is 12.5. The molecule has 12 heteroatoms. The molecule has 1 N–H and O–H groups in total. The molecule has 0 aromatic heterocycles. The van der Waals surface area contributed by atoms with E-state index < -0.39 is 65.2 Å². The van der Waals surface area contributed by atoms with Gasteiger partial charge in [0.1, 0.15) is 11.4 Å². The molecule has 1 fully saturated rings. The number of benzene rings is 2. The molecule has 12 nitrogen and oxygen atoms in total. The van der Waals surface area contributed by atoms with Crippen LogP contribution in [0.15, 0.2) is 54.3 Å². The highest BCUT2D eigenvalue weighted by atomic mass is 16.6. The quantitative estimate of drug-likeness (QED) is 0.310. The molecule has 1 spiro atoms. The van der Waals surface area contributed by atoms with Crippen molar-refractivity contribution in [3.63, 3.8) is 0 Å². The van der Waals surface area contributed by atoms with Gasteiger partial charge < -0.3 is 38.4 Å². The van der Waals surface area contributed by atoms with Crippen LogP contribution in [0.25, 0.3) is 0 Å². The van der Waals surface area contributed by atoms with Crippen molar-refractivity contribution in [3.8, 4) is 11.5 Å². The Bertz CT molecular complexity index is 1660. The molecule has 256 valence electrons. The highest BCUT2D eigenvalue weighted by Crippen LogP contribution is 2.65. The van der Waals surface area contributed by atoms with Crippen LogP contribution in [0.5, 0.6) is 11.5 Å². The van der Waals surface area contributed by atoms with Crippen molar-refractivity contribution in [2.24, 2.45) is 0 Å². The standard InChI is InChI=1S/C36H41NO11/c1-20(38)44-25(19-27(39)48-34(2,3)4)32(40)47-29(21-10-8-7-9-11-21)33(41)45-24-14-15-36(42)26-18-22-12-13-23(43-6)30-28(22)35(36,31(24)46-30)16-17-37(26)5/h7-14,25-26,29,31,42H,15-19H2,1-6H3/t25-,26+,29-,31-,35-,36+/m0/s1. The lowest BCUT2D eigenvalue weighted by molar-refractivity contribution is -0.184. The van der Waals surface area contributed by atoms with Crippen molar-refractivity contribution < 1.29 is 52.7 Å². The van der Waals surface area contributed by atoms with E-state index in [2.05, 4.69) is 4.90 Å². The lowest BCUT2D eigenvalue weighted by Gasteiger charge is -2.61. The number of aliphatic hydroxyl groups is 1. The van der Waals surface area contributed by atoms with Gasteiger partial charge >= 0.3 is 23.9 Å². The zero-order valence-electron chi connectivity index (χ0n) is 27.9. The summed E-state index contributed by atoms with van der Waals surface area (Å²) in [5.74, 6) is -2.47. The molecule has 2 heterocycles. The Balaban J connectivity index is 1.31. The number of methoxy groups -OCH3 is 1. The number of likely N-dealkylation sites (N-methyl/N-ethyl adjacent to an activating group) is 1. The molecule has 2 aromatic rings. The first-order chi connectivity index (χ1) is 22.7. The summed E-state index contributed by atoms with van der Waals surface area (Å²) in [6.07, 6.45) is -1.72. The average Bonchev–Trinajstić information content (AvgIpc) is 3.38. The van der Waals surface area contributed by atoms with Gasteiger partial charge in [-0.2, -0.15) is 0 Å². The number of likely N-dealkylation sites (tertiary alicyclic amines) is 1. The molecule has 4 aliphatic rings. The Morgan fingerprint density at radius 1 is 1.06 bits per heavy atom. The maximum Gasteiger partial charge on any atom is 0.357 e. The van der Waals surface area contributed by atoms with Gasteiger partial charge in [-0.25, -0.2) is 9.59 Å². The van der Waals surface area contributed by atoms with E-state index in [1.807, 2.05) is 19.2 Å². The first-order valence-corrected chi connectivity index (χ1v) is 16.0. The van der Waals surface area contributed by atoms with Crippen molar-refractivity contribution in [1.82, 2.24) is 4.90 Å². The summed E-state index contributed by atoms with van der Waals surface area (Å²) in [5.41, 5.74) is -0.778. The lowest BCUT2D eigenvalue weighted by Crippen LogP contribution is -2.74. The normalized spacial score (nSPS) is 26.5. The molecule has 0 saturated carbocycles. The topological polar surface area (TPSA) is 147 Å². The molecular formula is C36H41NO11. The van der Waals surface area contributed by atoms with Crippen molar-refractivity contribution >= 4 is 23.9 Å². The lowest BCUT2D eigenvalue weighted by atomic mass is 9.50. The predicted molar refractivity (Wildman–Crippen MR) is 169 cm³/mol. The SMILES string of the molecule is COc1ccc2c3c1O[C@H]1C(OC(=O)[C@@H](OC(=O)[C@H](CC(=O)OC(C)(C)C)OC(C)=O)c4ccccc4)=CC[C@@]4(O)[C@@H](C2)N(C)CC[C@]314. The number of hydrogen-bond acceptors (Lipinski definition) is 12. The van der Waals surface area contributed by atoms with E-state index in [1.54, 1.807) is 64.3 Å². The van der Waals surface area contributed by atoms with Gasteiger partial charge in [0.15, 0.2) is 17.6 Å². The summed E-state index contributed by atoms with van der Waals surface area (Å²) in [4.78, 5) is 54.1. The zero-order chi connectivity index (χ0) is 34.6. The first kappa shape index (κ1) is 33.5. The van der Waals surface area contributed by atoms with Crippen molar-refractivity contribution in [1.29, 1.82) is 0 Å². The third-order valence-electron chi connectivity index (χ3n) is 9.67. The molecule has 0 amide bonds. The molecule has 0 unspecified atom stereocenters. The van der Waals surface area contributed by atoms with Gasteiger partial charge in [0.2, 0.25) is 12.2 Å². The summed E-state index contributed by atoms with van der Waals surface area (Å²) in [6, 6.07) is 11.9. The summed E-state index contributed by atoms with van der Waals surface area (Å²) >= 11 is 0. The molecule has 2 aromatic carbocycles. The molecule has 2 aliphatic carbocycles. The van der Waals surface area contributed by atoms with Crippen LogP contribution in [0.1, 0.15) is 69.8 Å². The van der Waals surface area contributed by atoms with Gasteiger partial charge in [0.25, 0.3) is 0 Å². The third-order valence-corrected chi connectivity index (χ3v) is 9.67. The highest BCUT2D eigenvalue weighted by molar-refractivity contribution is 5.87. The molecule has 6 atom stereocenters. The van der Waals surface area contributed by atoms with E-state index in [1.165, 1.54) is 0 Å². The van der Waals surface area contributed by atoms with Gasteiger partial charge in [-0.15, -0.1) is 0 Å². The maximum absolute atomic E-state index is 14.1. The highest BCUT2D eigenvalue weighted by Gasteiger charge is 2.72. The molecule has 2 aliphatic heterocycles. The van der Waals surface area contributed by atoms with Crippen molar-refractivity contribution in [2.45, 2.75) is 94.3 Å². The number of ether oxygens (including phenoxy) is 6. The molecule has 0 radical (unpaired) electrons. The Labute approximate surface area is 278 Å². The average molecular weight is 664 g/mol. The minimum Gasteiger partial charge on any atom is -0.493 e.